The molecule has 34 heavy (non-hydrogen) atoms. The predicted octanol–water partition coefficient (Wildman–Crippen LogP) is 5.32. The van der Waals surface area contributed by atoms with Gasteiger partial charge in [-0.2, -0.15) is 5.26 Å². The van der Waals surface area contributed by atoms with E-state index in [0.29, 0.717) is 32.4 Å². The Morgan fingerprint density at radius 1 is 1.18 bits per heavy atom. The highest BCUT2D eigenvalue weighted by Crippen LogP contribution is 2.35. The van der Waals surface area contributed by atoms with Crippen molar-refractivity contribution >= 4 is 61.7 Å². The summed E-state index contributed by atoms with van der Waals surface area (Å²) in [7, 11) is 0. The van der Waals surface area contributed by atoms with E-state index in [1.54, 1.807) is 19.1 Å². The lowest BCUT2D eigenvalue weighted by atomic mass is 10.2. The maximum Gasteiger partial charge on any atom is 0.275 e. The number of amides is 2. The van der Waals surface area contributed by atoms with Crippen molar-refractivity contribution in [2.24, 2.45) is 0 Å². The van der Waals surface area contributed by atoms with Crippen LogP contribution in [0.25, 0.3) is 10.2 Å². The number of nitrogens with one attached hydrogen (secondary N) is 3. The molecule has 2 amide bonds. The molecule has 8 nitrogen and oxygen atoms in total. The highest BCUT2D eigenvalue weighted by molar-refractivity contribution is 7.22. The number of hydrogen-bond acceptors (Lipinski definition) is 6. The van der Waals surface area contributed by atoms with Crippen LogP contribution < -0.4 is 15.4 Å². The molecule has 0 aliphatic carbocycles. The average Bonchev–Trinajstić information content (AvgIpc) is 3.36. The molecule has 4 rings (SSSR count). The molecule has 0 saturated heterocycles. The number of nitriles is 1. The smallest absolute Gasteiger partial charge is 0.275 e. The maximum atomic E-state index is 12.7. The molecule has 172 valence electrons. The number of anilines is 1. The first-order valence-corrected chi connectivity index (χ1v) is 11.6. The van der Waals surface area contributed by atoms with Crippen molar-refractivity contribution in [3.63, 3.8) is 0 Å². The summed E-state index contributed by atoms with van der Waals surface area (Å²) in [5, 5.41) is 14.7. The van der Waals surface area contributed by atoms with Crippen LogP contribution in [-0.2, 0) is 6.61 Å². The van der Waals surface area contributed by atoms with Gasteiger partial charge in [-0.3, -0.25) is 14.9 Å². The Labute approximate surface area is 208 Å². The van der Waals surface area contributed by atoms with E-state index in [2.05, 4.69) is 20.6 Å². The second kappa shape index (κ2) is 10.1. The van der Waals surface area contributed by atoms with Crippen molar-refractivity contribution in [2.75, 3.05) is 11.9 Å². The molecule has 0 radical (unpaired) electrons. The number of aromatic nitrogens is 2. The van der Waals surface area contributed by atoms with Crippen molar-refractivity contribution < 1.29 is 14.3 Å². The first kappa shape index (κ1) is 23.6. The number of nitrogens with zero attached hydrogens (tertiary/aromatic N) is 2. The molecule has 0 aliphatic rings. The summed E-state index contributed by atoms with van der Waals surface area (Å²) in [6.07, 6.45) is 0. The van der Waals surface area contributed by atoms with E-state index in [9.17, 15) is 9.59 Å². The number of ether oxygens (including phenoxy) is 1. The first-order chi connectivity index (χ1) is 16.4. The van der Waals surface area contributed by atoms with Gasteiger partial charge in [0, 0.05) is 11.3 Å². The Bertz CT molecular complexity index is 1430. The molecule has 0 unspecified atom stereocenters. The van der Waals surface area contributed by atoms with E-state index >= 15 is 0 Å². The highest BCUT2D eigenvalue weighted by atomic mass is 35.5. The van der Waals surface area contributed by atoms with E-state index < -0.39 is 11.8 Å². The number of carbonyl (C=O) groups is 2. The summed E-state index contributed by atoms with van der Waals surface area (Å²) in [5.74, 6) is -0.551. The van der Waals surface area contributed by atoms with Gasteiger partial charge in [-0.1, -0.05) is 64.9 Å². The normalized spacial score (nSPS) is 10.6. The summed E-state index contributed by atoms with van der Waals surface area (Å²) in [6, 6.07) is 14.6. The standard InChI is InChI=1S/C23H17Cl2N5O3S/c1-12-17(24)18(25)20(28-12)22(32)30-23-29-19-15(33-11-13-5-3-2-4-6-13)9-14(10-16(19)34-23)21(31)27-8-7-26/h2-6,9-10,28H,8,11H2,1H3,(H,27,31)(H,29,30,32). The number of thiazole rings is 1. The Morgan fingerprint density at radius 2 is 1.94 bits per heavy atom. The summed E-state index contributed by atoms with van der Waals surface area (Å²) >= 11 is 13.4. The van der Waals surface area contributed by atoms with Gasteiger partial charge in [0.1, 0.15) is 30.1 Å². The number of rotatable bonds is 7. The largest absolute Gasteiger partial charge is 0.487 e. The fraction of sp³-hybridized carbons (Fsp3) is 0.130. The summed E-state index contributed by atoms with van der Waals surface area (Å²) in [5.41, 5.74) is 2.43. The second-order valence-corrected chi connectivity index (χ2v) is 8.95. The maximum absolute atomic E-state index is 12.7. The van der Waals surface area contributed by atoms with Gasteiger partial charge in [-0.05, 0) is 24.6 Å². The molecule has 0 spiro atoms. The zero-order chi connectivity index (χ0) is 24.2. The Morgan fingerprint density at radius 3 is 2.62 bits per heavy atom. The van der Waals surface area contributed by atoms with Crippen LogP contribution in [-0.4, -0.2) is 28.3 Å². The number of fused-ring (bicyclic) bond motifs is 1. The van der Waals surface area contributed by atoms with Crippen LogP contribution in [0.4, 0.5) is 5.13 Å². The molecule has 2 heterocycles. The molecule has 0 saturated carbocycles. The van der Waals surface area contributed by atoms with Crippen LogP contribution in [0, 0.1) is 18.3 Å². The molecular weight excluding hydrogens is 497 g/mol. The number of hydrogen-bond donors (Lipinski definition) is 3. The van der Waals surface area contributed by atoms with Crippen molar-refractivity contribution in [1.82, 2.24) is 15.3 Å². The van der Waals surface area contributed by atoms with Crippen LogP contribution in [0.15, 0.2) is 42.5 Å². The Hall–Kier alpha value is -3.58. The molecule has 4 aromatic rings. The third-order valence-corrected chi connectivity index (χ3v) is 6.65. The summed E-state index contributed by atoms with van der Waals surface area (Å²) < 4.78 is 6.60. The first-order valence-electron chi connectivity index (χ1n) is 9.98. The minimum absolute atomic E-state index is 0.125. The van der Waals surface area contributed by atoms with Crippen molar-refractivity contribution in [2.45, 2.75) is 13.5 Å². The van der Waals surface area contributed by atoms with Crippen LogP contribution in [0.1, 0.15) is 32.1 Å². The van der Waals surface area contributed by atoms with Gasteiger partial charge in [-0.15, -0.1) is 0 Å². The van der Waals surface area contributed by atoms with Crippen LogP contribution in [0.5, 0.6) is 5.75 Å². The lowest BCUT2D eigenvalue weighted by Crippen LogP contribution is -2.23. The number of H-pyrrole nitrogens is 1. The monoisotopic (exact) mass is 513 g/mol. The van der Waals surface area contributed by atoms with Gasteiger partial charge in [0.2, 0.25) is 0 Å². The average molecular weight is 514 g/mol. The van der Waals surface area contributed by atoms with Crippen molar-refractivity contribution in [3.8, 4) is 11.8 Å². The molecule has 2 aromatic heterocycles. The van der Waals surface area contributed by atoms with E-state index in [1.807, 2.05) is 36.4 Å². The van der Waals surface area contributed by atoms with E-state index in [-0.39, 0.29) is 28.9 Å². The second-order valence-electron chi connectivity index (χ2n) is 7.16. The molecule has 0 aliphatic heterocycles. The predicted molar refractivity (Wildman–Crippen MR) is 132 cm³/mol. The fourth-order valence-electron chi connectivity index (χ4n) is 3.14. The number of aromatic amines is 1. The Kier molecular flexibility index (Phi) is 7.03. The fourth-order valence-corrected chi connectivity index (χ4v) is 4.47. The zero-order valence-corrected chi connectivity index (χ0v) is 20.1. The van der Waals surface area contributed by atoms with E-state index in [4.69, 9.17) is 33.2 Å². The lowest BCUT2D eigenvalue weighted by molar-refractivity contribution is 0.0957. The van der Waals surface area contributed by atoms with Gasteiger partial charge in [0.25, 0.3) is 11.8 Å². The molecule has 0 atom stereocenters. The zero-order valence-electron chi connectivity index (χ0n) is 17.7. The molecule has 3 N–H and O–H groups in total. The number of carbonyl (C=O) groups excluding carboxylic acids is 2. The molecule has 11 heteroatoms. The topological polar surface area (TPSA) is 120 Å². The van der Waals surface area contributed by atoms with Gasteiger partial charge < -0.3 is 15.0 Å². The van der Waals surface area contributed by atoms with Crippen LogP contribution in [0.2, 0.25) is 10.0 Å². The van der Waals surface area contributed by atoms with Crippen LogP contribution in [0.3, 0.4) is 0 Å². The number of benzene rings is 2. The Balaban J connectivity index is 1.66. The third kappa shape index (κ3) is 4.99. The minimum atomic E-state index is -0.502. The van der Waals surface area contributed by atoms with Crippen molar-refractivity contribution in [1.29, 1.82) is 5.26 Å². The van der Waals surface area contributed by atoms with Gasteiger partial charge in [-0.25, -0.2) is 4.98 Å². The minimum Gasteiger partial charge on any atom is -0.487 e. The van der Waals surface area contributed by atoms with Gasteiger partial charge >= 0.3 is 0 Å². The third-order valence-electron chi connectivity index (χ3n) is 4.79. The van der Waals surface area contributed by atoms with Crippen LogP contribution >= 0.6 is 34.5 Å². The number of aryl methyl sites for hydroxylation is 1. The summed E-state index contributed by atoms with van der Waals surface area (Å²) in [4.78, 5) is 32.6. The molecule has 0 fully saturated rings. The SMILES string of the molecule is Cc1[nH]c(C(=O)Nc2nc3c(OCc4ccccc4)cc(C(=O)NCC#N)cc3s2)c(Cl)c1Cl. The lowest BCUT2D eigenvalue weighted by Gasteiger charge is -2.09. The van der Waals surface area contributed by atoms with Gasteiger partial charge in [0.15, 0.2) is 5.13 Å². The molecule has 0 bridgehead atoms. The molecule has 2 aromatic carbocycles. The quantitative estimate of drug-likeness (QED) is 0.288. The van der Waals surface area contributed by atoms with Crippen molar-refractivity contribution in [3.05, 3.63) is 75.0 Å². The van der Waals surface area contributed by atoms with E-state index in [0.717, 1.165) is 5.56 Å². The number of halogens is 2. The molecular formula is C23H17Cl2N5O3S. The van der Waals surface area contributed by atoms with E-state index in [1.165, 1.54) is 11.3 Å². The highest BCUT2D eigenvalue weighted by Gasteiger charge is 2.21. The van der Waals surface area contributed by atoms with Gasteiger partial charge in [0.05, 0.1) is 20.8 Å². The summed E-state index contributed by atoms with van der Waals surface area (Å²) in [6.45, 7) is 1.84.